The van der Waals surface area contributed by atoms with Crippen LogP contribution in [0.2, 0.25) is 0 Å². The Morgan fingerprint density at radius 3 is 1.84 bits per heavy atom. The lowest BCUT2D eigenvalue weighted by Gasteiger charge is -2.34. The molecule has 4 N–H and O–H groups in total. The van der Waals surface area contributed by atoms with E-state index in [2.05, 4.69) is 26.3 Å². The van der Waals surface area contributed by atoms with E-state index in [0.29, 0.717) is 44.2 Å². The van der Waals surface area contributed by atoms with Crippen LogP contribution >= 0.6 is 11.3 Å². The number of rotatable bonds is 13. The van der Waals surface area contributed by atoms with Crippen molar-refractivity contribution in [2.45, 2.75) is 115 Å². The third-order valence-corrected chi connectivity index (χ3v) is 12.2. The Kier molecular flexibility index (Phi) is 16.6. The zero-order chi connectivity index (χ0) is 44.8. The van der Waals surface area contributed by atoms with Gasteiger partial charge in [0.25, 0.3) is 0 Å². The summed E-state index contributed by atoms with van der Waals surface area (Å²) in [5.74, 6) is -3.02. The molecule has 3 heterocycles. The zero-order valence-corrected chi connectivity index (χ0v) is 37.4. The summed E-state index contributed by atoms with van der Waals surface area (Å²) in [5.41, 5.74) is 4.75. The molecule has 0 aliphatic carbocycles. The van der Waals surface area contributed by atoms with Crippen LogP contribution in [-0.2, 0) is 54.5 Å². The Morgan fingerprint density at radius 2 is 1.22 bits per heavy atom. The third-order valence-electron chi connectivity index (χ3n) is 11.5. The number of carbonyl (C=O) groups excluding carboxylic acids is 6. The Bertz CT molecular complexity index is 2130. The van der Waals surface area contributed by atoms with Crippen molar-refractivity contribution in [1.82, 2.24) is 36.1 Å². The average molecular weight is 876 g/mol. The van der Waals surface area contributed by atoms with Gasteiger partial charge in [0.1, 0.15) is 30.2 Å². The number of carbonyl (C=O) groups is 6. The smallest absolute Gasteiger partial charge is 0.246 e. The van der Waals surface area contributed by atoms with Crippen molar-refractivity contribution in [1.29, 1.82) is 0 Å². The largest absolute Gasteiger partial charge is 0.343 e. The molecule has 3 aromatic carbocycles. The van der Waals surface area contributed by atoms with Gasteiger partial charge in [-0.2, -0.15) is 0 Å². The molecule has 1 aromatic heterocycles. The average Bonchev–Trinajstić information content (AvgIpc) is 3.98. The lowest BCUT2D eigenvalue weighted by molar-refractivity contribution is -0.147. The van der Waals surface area contributed by atoms with Crippen LogP contribution in [0.15, 0.2) is 102 Å². The quantitative estimate of drug-likeness (QED) is 0.150. The third kappa shape index (κ3) is 14.1. The molecule has 4 aromatic rings. The summed E-state index contributed by atoms with van der Waals surface area (Å²) < 4.78 is 0. The molecule has 6 amide bonds. The van der Waals surface area contributed by atoms with Crippen LogP contribution in [0.25, 0.3) is 0 Å². The fourth-order valence-corrected chi connectivity index (χ4v) is 8.94. The minimum Gasteiger partial charge on any atom is -0.343 e. The monoisotopic (exact) mass is 875 g/mol. The molecule has 5 atom stereocenters. The number of aromatic nitrogens is 1. The fourth-order valence-electron chi connectivity index (χ4n) is 8.37. The topological polar surface area (TPSA) is 170 Å². The highest BCUT2D eigenvalue weighted by molar-refractivity contribution is 7.07. The van der Waals surface area contributed by atoms with Gasteiger partial charge in [-0.3, -0.25) is 28.8 Å². The maximum atomic E-state index is 14.7. The van der Waals surface area contributed by atoms with E-state index < -0.39 is 65.2 Å². The highest BCUT2D eigenvalue weighted by Crippen LogP contribution is 2.24. The molecular weight excluding hydrogens is 815 g/mol. The van der Waals surface area contributed by atoms with Crippen molar-refractivity contribution in [2.24, 2.45) is 5.41 Å². The predicted octanol–water partition coefficient (Wildman–Crippen LogP) is 4.79. The van der Waals surface area contributed by atoms with Gasteiger partial charge < -0.3 is 31.1 Å². The molecule has 63 heavy (non-hydrogen) atoms. The molecule has 2 saturated heterocycles. The molecule has 0 saturated carbocycles. The Hall–Kier alpha value is -5.89. The number of nitrogens with one attached hydrogen (secondary N) is 4. The van der Waals surface area contributed by atoms with Crippen molar-refractivity contribution in [3.8, 4) is 0 Å². The first kappa shape index (κ1) is 46.6. The molecule has 0 unspecified atom stereocenters. The van der Waals surface area contributed by atoms with Crippen LogP contribution in [0.1, 0.15) is 81.7 Å². The normalized spacial score (nSPS) is 22.0. The molecule has 13 nitrogen and oxygen atoms in total. The summed E-state index contributed by atoms with van der Waals surface area (Å²) in [4.78, 5) is 94.4. The number of aryl methyl sites for hydroxylation is 2. The van der Waals surface area contributed by atoms with Gasteiger partial charge in [-0.05, 0) is 73.5 Å². The maximum absolute atomic E-state index is 14.7. The molecule has 14 heteroatoms. The van der Waals surface area contributed by atoms with Gasteiger partial charge >= 0.3 is 0 Å². The van der Waals surface area contributed by atoms with Gasteiger partial charge in [0, 0.05) is 31.3 Å². The first-order valence-corrected chi connectivity index (χ1v) is 23.1. The number of hydrogen-bond donors (Lipinski definition) is 4. The first-order valence-electron chi connectivity index (χ1n) is 22.1. The summed E-state index contributed by atoms with van der Waals surface area (Å²) in [6.45, 7) is 6.04. The van der Waals surface area contributed by atoms with Gasteiger partial charge in [0.15, 0.2) is 0 Å². The minimum atomic E-state index is -1.13. The van der Waals surface area contributed by atoms with Crippen molar-refractivity contribution < 1.29 is 28.8 Å². The highest BCUT2D eigenvalue weighted by atomic mass is 32.1. The van der Waals surface area contributed by atoms with E-state index in [4.69, 9.17) is 0 Å². The van der Waals surface area contributed by atoms with E-state index in [1.54, 1.807) is 5.51 Å². The predicted molar refractivity (Wildman–Crippen MR) is 243 cm³/mol. The minimum absolute atomic E-state index is 0.0726. The van der Waals surface area contributed by atoms with Crippen molar-refractivity contribution in [3.63, 3.8) is 0 Å². The summed E-state index contributed by atoms with van der Waals surface area (Å²) in [6.07, 6.45) is 4.01. The molecule has 2 aliphatic rings. The lowest BCUT2D eigenvalue weighted by Crippen LogP contribution is -2.61. The second kappa shape index (κ2) is 22.5. The molecule has 0 bridgehead atoms. The van der Waals surface area contributed by atoms with E-state index in [9.17, 15) is 28.8 Å². The van der Waals surface area contributed by atoms with E-state index in [1.807, 2.05) is 117 Å². The van der Waals surface area contributed by atoms with Crippen LogP contribution in [0.5, 0.6) is 0 Å². The number of nitrogens with zero attached hydrogens (tertiary/aromatic N) is 3. The van der Waals surface area contributed by atoms with Crippen LogP contribution in [0.4, 0.5) is 0 Å². The second-order valence-corrected chi connectivity index (χ2v) is 18.6. The Morgan fingerprint density at radius 1 is 0.651 bits per heavy atom. The molecule has 2 aliphatic heterocycles. The lowest BCUT2D eigenvalue weighted by atomic mass is 9.87. The molecule has 0 radical (unpaired) electrons. The van der Waals surface area contributed by atoms with E-state index >= 15 is 0 Å². The van der Waals surface area contributed by atoms with Crippen LogP contribution in [-0.4, -0.2) is 100 Å². The Labute approximate surface area is 374 Å². The summed E-state index contributed by atoms with van der Waals surface area (Å²) in [7, 11) is 0. The second-order valence-electron chi connectivity index (χ2n) is 17.9. The number of amides is 6. The number of hydrogen-bond acceptors (Lipinski definition) is 8. The van der Waals surface area contributed by atoms with Gasteiger partial charge in [-0.1, -0.05) is 112 Å². The molecule has 6 rings (SSSR count). The van der Waals surface area contributed by atoms with Gasteiger partial charge in [0.05, 0.1) is 17.7 Å². The van der Waals surface area contributed by atoms with Gasteiger partial charge in [0.2, 0.25) is 35.4 Å². The highest BCUT2D eigenvalue weighted by Gasteiger charge is 2.41. The molecular formula is C49H61N7O6S. The Balaban J connectivity index is 1.36. The molecule has 334 valence electrons. The summed E-state index contributed by atoms with van der Waals surface area (Å²) in [5, 5.41) is 13.6. The van der Waals surface area contributed by atoms with Crippen molar-refractivity contribution >= 4 is 46.8 Å². The zero-order valence-electron chi connectivity index (χ0n) is 36.6. The van der Waals surface area contributed by atoms with E-state index in [0.717, 1.165) is 16.7 Å². The number of fused-ring (bicyclic) bond motifs is 1. The summed E-state index contributed by atoms with van der Waals surface area (Å²) in [6, 6.07) is 23.7. The standard InChI is InChI=1S/C49H61N7O6S/c1-49(2,3)30-41-46(60)53-40(29-37-32-63-33-50-37)47(61)56-27-15-25-42(56)48(62)55(26-14-23-35-18-9-5-10-19-35)31-43(57)51-38(24-13-22-34-16-7-4-8-17-34)44(58)52-39(45(59)54-41)28-36-20-11-6-12-21-36/h4-12,16-21,32-33,38-42H,13-15,22-31H2,1-3H3,(H,51,57)(H,52,58)(H,53,60)(H,54,59)/t38-,39+,40-,41-,42+/m0/s1. The van der Waals surface area contributed by atoms with Gasteiger partial charge in [-0.15, -0.1) is 11.3 Å². The van der Waals surface area contributed by atoms with E-state index in [1.165, 1.54) is 21.1 Å². The SMILES string of the molecule is CC(C)(C)C[C@@H]1NC(=O)[C@@H](Cc2ccccc2)NC(=O)[C@H](CCCc2ccccc2)NC(=O)CN(CCCc2ccccc2)C(=O)[C@H]2CCCN2C(=O)[C@H](Cc2cscn2)NC1=O. The van der Waals surface area contributed by atoms with Gasteiger partial charge in [-0.25, -0.2) is 4.98 Å². The number of thiazole rings is 1. The molecule has 0 spiro atoms. The van der Waals surface area contributed by atoms with Crippen LogP contribution < -0.4 is 21.3 Å². The number of benzene rings is 3. The van der Waals surface area contributed by atoms with Crippen LogP contribution in [0.3, 0.4) is 0 Å². The molecule has 2 fully saturated rings. The van der Waals surface area contributed by atoms with E-state index in [-0.39, 0.29) is 51.2 Å². The fraction of sp³-hybridized carbons (Fsp3) is 0.449. The van der Waals surface area contributed by atoms with Crippen LogP contribution in [0, 0.1) is 5.41 Å². The van der Waals surface area contributed by atoms with Crippen molar-refractivity contribution in [2.75, 3.05) is 19.6 Å². The van der Waals surface area contributed by atoms with Crippen molar-refractivity contribution in [3.05, 3.63) is 124 Å². The maximum Gasteiger partial charge on any atom is 0.246 e. The summed E-state index contributed by atoms with van der Waals surface area (Å²) >= 11 is 1.37. The first-order chi connectivity index (χ1) is 30.3.